The first-order valence-electron chi connectivity index (χ1n) is 7.51. The van der Waals surface area contributed by atoms with Crippen molar-refractivity contribution in [3.63, 3.8) is 0 Å². The number of carbonyl (C=O) groups is 1. The van der Waals surface area contributed by atoms with Gasteiger partial charge in [0.2, 0.25) is 5.91 Å². The largest absolute Gasteiger partial charge is 0.324 e. The molecule has 1 saturated carbocycles. The molecule has 0 aromatic rings. The zero-order chi connectivity index (χ0) is 13.2. The van der Waals surface area contributed by atoms with Crippen molar-refractivity contribution in [3.05, 3.63) is 0 Å². The van der Waals surface area contributed by atoms with Crippen LogP contribution in [-0.4, -0.2) is 52.1 Å². The Morgan fingerprint density at radius 2 is 2.11 bits per heavy atom. The summed E-state index contributed by atoms with van der Waals surface area (Å²) in [6.45, 7) is 2.97. The first-order valence-corrected chi connectivity index (χ1v) is 9.72. The first-order chi connectivity index (χ1) is 9.25. The lowest BCUT2D eigenvalue weighted by atomic mass is 10.0. The number of amides is 1. The van der Waals surface area contributed by atoms with Gasteiger partial charge in [-0.1, -0.05) is 12.8 Å². The molecule has 0 aromatic heterocycles. The van der Waals surface area contributed by atoms with Crippen molar-refractivity contribution < 1.29 is 4.79 Å². The minimum Gasteiger partial charge on any atom is -0.324 e. The Labute approximate surface area is 124 Å². The number of hydrogen-bond acceptors (Lipinski definition) is 4. The Hall–Kier alpha value is 0.130. The van der Waals surface area contributed by atoms with Crippen LogP contribution in [0.15, 0.2) is 0 Å². The van der Waals surface area contributed by atoms with Crippen LogP contribution >= 0.6 is 23.5 Å². The summed E-state index contributed by atoms with van der Waals surface area (Å²) in [5.74, 6) is 4.74. The maximum atomic E-state index is 12.4. The number of carbonyl (C=O) groups excluding carboxylic acids is 1. The van der Waals surface area contributed by atoms with Gasteiger partial charge in [-0.3, -0.25) is 10.1 Å². The SMILES string of the molecule is CC1NC(C2CCCC2)N(CC2CSCCS2)C1=O. The smallest absolute Gasteiger partial charge is 0.240 e. The average molecular weight is 300 g/mol. The van der Waals surface area contributed by atoms with E-state index in [1.807, 2.05) is 18.7 Å². The van der Waals surface area contributed by atoms with Gasteiger partial charge in [-0.2, -0.15) is 23.5 Å². The summed E-state index contributed by atoms with van der Waals surface area (Å²) in [7, 11) is 0. The summed E-state index contributed by atoms with van der Waals surface area (Å²) in [5.41, 5.74) is 0. The highest BCUT2D eigenvalue weighted by atomic mass is 32.2. The average Bonchev–Trinajstić information content (AvgIpc) is 3.04. The molecule has 0 spiro atoms. The van der Waals surface area contributed by atoms with Gasteiger partial charge in [0.25, 0.3) is 0 Å². The Morgan fingerprint density at radius 1 is 1.32 bits per heavy atom. The maximum Gasteiger partial charge on any atom is 0.240 e. The summed E-state index contributed by atoms with van der Waals surface area (Å²) in [4.78, 5) is 14.6. The lowest BCUT2D eigenvalue weighted by Gasteiger charge is -2.33. The summed E-state index contributed by atoms with van der Waals surface area (Å²) in [5, 5.41) is 4.18. The fraction of sp³-hybridized carbons (Fsp3) is 0.929. The molecule has 19 heavy (non-hydrogen) atoms. The zero-order valence-corrected chi connectivity index (χ0v) is 13.3. The van der Waals surface area contributed by atoms with Crippen LogP contribution in [0.3, 0.4) is 0 Å². The predicted octanol–water partition coefficient (Wildman–Crippen LogP) is 2.17. The molecule has 3 aliphatic rings. The number of nitrogens with one attached hydrogen (secondary N) is 1. The molecular weight excluding hydrogens is 276 g/mol. The van der Waals surface area contributed by atoms with Gasteiger partial charge < -0.3 is 4.90 Å². The van der Waals surface area contributed by atoms with Gasteiger partial charge in [0.05, 0.1) is 12.2 Å². The van der Waals surface area contributed by atoms with Crippen LogP contribution in [0.2, 0.25) is 0 Å². The summed E-state index contributed by atoms with van der Waals surface area (Å²) in [6, 6.07) is 0.0202. The molecule has 1 amide bonds. The fourth-order valence-corrected chi connectivity index (χ4v) is 6.20. The first kappa shape index (κ1) is 14.1. The molecule has 3 rings (SSSR count). The molecular formula is C14H24N2OS2. The van der Waals surface area contributed by atoms with Crippen molar-refractivity contribution >= 4 is 29.4 Å². The quantitative estimate of drug-likeness (QED) is 0.866. The number of rotatable bonds is 3. The second kappa shape index (κ2) is 6.27. The minimum absolute atomic E-state index is 0.0202. The van der Waals surface area contributed by atoms with Crippen LogP contribution in [0.4, 0.5) is 0 Å². The van der Waals surface area contributed by atoms with Crippen LogP contribution in [0.25, 0.3) is 0 Å². The van der Waals surface area contributed by atoms with Gasteiger partial charge in [-0.15, -0.1) is 0 Å². The second-order valence-corrected chi connectivity index (χ2v) is 8.49. The van der Waals surface area contributed by atoms with E-state index >= 15 is 0 Å². The molecule has 5 heteroatoms. The van der Waals surface area contributed by atoms with Crippen LogP contribution in [0, 0.1) is 5.92 Å². The molecule has 3 nitrogen and oxygen atoms in total. The molecule has 2 saturated heterocycles. The van der Waals surface area contributed by atoms with Crippen molar-refractivity contribution in [1.29, 1.82) is 0 Å². The topological polar surface area (TPSA) is 32.3 Å². The highest BCUT2D eigenvalue weighted by Gasteiger charge is 2.42. The Balaban J connectivity index is 1.66. The summed E-state index contributed by atoms with van der Waals surface area (Å²) < 4.78 is 0. The minimum atomic E-state index is 0.0202. The Morgan fingerprint density at radius 3 is 2.79 bits per heavy atom. The van der Waals surface area contributed by atoms with Crippen molar-refractivity contribution in [1.82, 2.24) is 10.2 Å². The summed E-state index contributed by atoms with van der Waals surface area (Å²) in [6.07, 6.45) is 5.58. The molecule has 108 valence electrons. The molecule has 3 fully saturated rings. The van der Waals surface area contributed by atoms with Crippen molar-refractivity contribution in [2.75, 3.05) is 23.8 Å². The van der Waals surface area contributed by atoms with E-state index in [4.69, 9.17) is 0 Å². The molecule has 0 aromatic carbocycles. The van der Waals surface area contributed by atoms with E-state index in [9.17, 15) is 4.79 Å². The number of thioether (sulfide) groups is 2. The van der Waals surface area contributed by atoms with E-state index < -0.39 is 0 Å². The maximum absolute atomic E-state index is 12.4. The lowest BCUT2D eigenvalue weighted by molar-refractivity contribution is -0.130. The van der Waals surface area contributed by atoms with Gasteiger partial charge >= 0.3 is 0 Å². The van der Waals surface area contributed by atoms with Gasteiger partial charge in [0, 0.05) is 29.1 Å². The molecule has 2 heterocycles. The summed E-state index contributed by atoms with van der Waals surface area (Å²) >= 11 is 4.10. The van der Waals surface area contributed by atoms with E-state index in [0.717, 1.165) is 6.54 Å². The second-order valence-electron chi connectivity index (χ2n) is 5.94. The van der Waals surface area contributed by atoms with E-state index in [1.54, 1.807) is 0 Å². The Bertz CT molecular complexity index is 327. The predicted molar refractivity (Wildman–Crippen MR) is 83.6 cm³/mol. The molecule has 1 aliphatic carbocycles. The van der Waals surface area contributed by atoms with Gasteiger partial charge in [-0.25, -0.2) is 0 Å². The normalized spacial score (nSPS) is 37.2. The van der Waals surface area contributed by atoms with E-state index in [0.29, 0.717) is 23.2 Å². The highest BCUT2D eigenvalue weighted by Crippen LogP contribution is 2.33. The van der Waals surface area contributed by atoms with Gasteiger partial charge in [0.15, 0.2) is 0 Å². The molecule has 3 unspecified atom stereocenters. The molecule has 1 N–H and O–H groups in total. The highest BCUT2D eigenvalue weighted by molar-refractivity contribution is 8.06. The van der Waals surface area contributed by atoms with Crippen LogP contribution < -0.4 is 5.32 Å². The van der Waals surface area contributed by atoms with Crippen molar-refractivity contribution in [2.24, 2.45) is 5.92 Å². The standard InChI is InChI=1S/C14H24N2OS2/c1-10-14(17)16(8-12-9-18-6-7-19-12)13(15-10)11-4-2-3-5-11/h10-13,15H,2-9H2,1H3. The molecule has 3 atom stereocenters. The Kier molecular flexibility index (Phi) is 4.65. The van der Waals surface area contributed by atoms with Crippen LogP contribution in [0.5, 0.6) is 0 Å². The molecule has 0 radical (unpaired) electrons. The van der Waals surface area contributed by atoms with Crippen molar-refractivity contribution in [2.45, 2.75) is 50.1 Å². The van der Waals surface area contributed by atoms with E-state index in [2.05, 4.69) is 22.0 Å². The van der Waals surface area contributed by atoms with Gasteiger partial charge in [0.1, 0.15) is 0 Å². The van der Waals surface area contributed by atoms with E-state index in [-0.39, 0.29) is 6.04 Å². The van der Waals surface area contributed by atoms with Gasteiger partial charge in [-0.05, 0) is 25.7 Å². The van der Waals surface area contributed by atoms with Crippen LogP contribution in [-0.2, 0) is 4.79 Å². The molecule has 2 aliphatic heterocycles. The zero-order valence-electron chi connectivity index (χ0n) is 11.6. The third kappa shape index (κ3) is 3.08. The van der Waals surface area contributed by atoms with Crippen molar-refractivity contribution in [3.8, 4) is 0 Å². The monoisotopic (exact) mass is 300 g/mol. The number of nitrogens with zero attached hydrogens (tertiary/aromatic N) is 1. The fourth-order valence-electron chi connectivity index (χ4n) is 3.53. The van der Waals surface area contributed by atoms with Crippen LogP contribution in [0.1, 0.15) is 32.6 Å². The number of hydrogen-bond donors (Lipinski definition) is 1. The van der Waals surface area contributed by atoms with E-state index in [1.165, 1.54) is 42.9 Å². The molecule has 0 bridgehead atoms. The third-order valence-corrected chi connectivity index (χ3v) is 7.37. The lowest BCUT2D eigenvalue weighted by Crippen LogP contribution is -2.46. The third-order valence-electron chi connectivity index (χ3n) is 4.54.